The number of piperidine rings is 1. The smallest absolute Gasteiger partial charge is 0.0543 e. The lowest BCUT2D eigenvalue weighted by molar-refractivity contribution is 0.163. The second-order valence-corrected chi connectivity index (χ2v) is 6.74. The second kappa shape index (κ2) is 8.27. The lowest BCUT2D eigenvalue weighted by Gasteiger charge is -2.37. The normalized spacial score (nSPS) is 21.6. The Labute approximate surface area is 144 Å². The molecule has 4 heteroatoms. The summed E-state index contributed by atoms with van der Waals surface area (Å²) >= 11 is 0. The third-order valence-corrected chi connectivity index (χ3v) is 4.81. The van der Waals surface area contributed by atoms with Gasteiger partial charge in [-0.2, -0.15) is 0 Å². The molecule has 2 heterocycles. The molecule has 0 aliphatic carbocycles. The summed E-state index contributed by atoms with van der Waals surface area (Å²) in [5.41, 5.74) is 3.50. The first-order chi connectivity index (χ1) is 11.7. The van der Waals surface area contributed by atoms with Crippen molar-refractivity contribution >= 4 is 5.69 Å². The molecule has 128 valence electrons. The van der Waals surface area contributed by atoms with Crippen LogP contribution in [0.4, 0.5) is 5.69 Å². The molecule has 1 saturated heterocycles. The van der Waals surface area contributed by atoms with E-state index >= 15 is 0 Å². The summed E-state index contributed by atoms with van der Waals surface area (Å²) < 4.78 is 0. The first kappa shape index (κ1) is 16.9. The highest BCUT2D eigenvalue weighted by molar-refractivity contribution is 5.45. The monoisotopic (exact) mass is 325 g/mol. The molecule has 1 aliphatic rings. The molecule has 1 fully saturated rings. The Morgan fingerprint density at radius 3 is 2.71 bits per heavy atom. The van der Waals surface area contributed by atoms with Crippen LogP contribution in [0, 0.1) is 5.92 Å². The third kappa shape index (κ3) is 4.56. The summed E-state index contributed by atoms with van der Waals surface area (Å²) in [5.74, 6) is 0.597. The molecule has 1 aromatic heterocycles. The van der Waals surface area contributed by atoms with Crippen LogP contribution in [0.1, 0.15) is 24.6 Å². The van der Waals surface area contributed by atoms with Crippen LogP contribution in [0.15, 0.2) is 48.7 Å². The molecule has 24 heavy (non-hydrogen) atoms. The van der Waals surface area contributed by atoms with Gasteiger partial charge in [-0.15, -0.1) is 0 Å². The topological polar surface area (TPSA) is 48.4 Å². The quantitative estimate of drug-likeness (QED) is 0.857. The van der Waals surface area contributed by atoms with Crippen molar-refractivity contribution in [1.29, 1.82) is 0 Å². The molecule has 0 radical (unpaired) electrons. The van der Waals surface area contributed by atoms with Gasteiger partial charge in [0.15, 0.2) is 0 Å². The Hall–Kier alpha value is -1.91. The van der Waals surface area contributed by atoms with Crippen LogP contribution >= 0.6 is 0 Å². The van der Waals surface area contributed by atoms with E-state index in [9.17, 15) is 0 Å². The van der Waals surface area contributed by atoms with E-state index in [0.717, 1.165) is 38.2 Å². The molecule has 0 saturated carbocycles. The predicted molar refractivity (Wildman–Crippen MR) is 97.9 cm³/mol. The molecule has 2 atom stereocenters. The lowest BCUT2D eigenvalue weighted by Crippen LogP contribution is -2.44. The first-order valence-corrected chi connectivity index (χ1v) is 8.83. The number of aromatic nitrogens is 1. The minimum atomic E-state index is 0.207. The molecule has 1 aliphatic heterocycles. The van der Waals surface area contributed by atoms with E-state index in [1.807, 2.05) is 12.3 Å². The van der Waals surface area contributed by atoms with Crippen molar-refractivity contribution in [2.45, 2.75) is 32.4 Å². The maximum Gasteiger partial charge on any atom is 0.0543 e. The number of likely N-dealkylation sites (tertiary alicyclic amines) is 1. The summed E-state index contributed by atoms with van der Waals surface area (Å²) in [4.78, 5) is 6.93. The Kier molecular flexibility index (Phi) is 5.83. The zero-order valence-corrected chi connectivity index (χ0v) is 14.4. The van der Waals surface area contributed by atoms with E-state index in [0.29, 0.717) is 12.0 Å². The van der Waals surface area contributed by atoms with Gasteiger partial charge in [-0.1, -0.05) is 25.1 Å². The number of benzene rings is 1. The van der Waals surface area contributed by atoms with Crippen molar-refractivity contribution in [1.82, 2.24) is 9.88 Å². The molecule has 1 aromatic carbocycles. The number of hydrogen-bond acceptors (Lipinski definition) is 4. The molecule has 4 nitrogen and oxygen atoms in total. The Bertz CT molecular complexity index is 615. The number of aliphatic hydroxyl groups is 1. The number of hydrogen-bond donors (Lipinski definition) is 2. The molecular weight excluding hydrogens is 298 g/mol. The van der Waals surface area contributed by atoms with E-state index in [-0.39, 0.29) is 6.61 Å². The maximum atomic E-state index is 8.99. The van der Waals surface area contributed by atoms with E-state index in [4.69, 9.17) is 5.11 Å². The number of anilines is 1. The summed E-state index contributed by atoms with van der Waals surface area (Å²) in [6.45, 7) is 5.66. The van der Waals surface area contributed by atoms with Crippen LogP contribution in [0.25, 0.3) is 0 Å². The maximum absolute atomic E-state index is 8.99. The fourth-order valence-electron chi connectivity index (χ4n) is 3.42. The van der Waals surface area contributed by atoms with Gasteiger partial charge >= 0.3 is 0 Å². The molecule has 2 aromatic rings. The van der Waals surface area contributed by atoms with Crippen LogP contribution < -0.4 is 5.32 Å². The van der Waals surface area contributed by atoms with Crippen molar-refractivity contribution in [2.24, 2.45) is 5.92 Å². The highest BCUT2D eigenvalue weighted by atomic mass is 16.2. The molecule has 2 N–H and O–H groups in total. The van der Waals surface area contributed by atoms with Gasteiger partial charge in [-0.25, -0.2) is 0 Å². The van der Waals surface area contributed by atoms with Crippen molar-refractivity contribution in [3.8, 4) is 0 Å². The summed E-state index contributed by atoms with van der Waals surface area (Å²) in [7, 11) is 0. The molecular formula is C20H27N3O. The summed E-state index contributed by atoms with van der Waals surface area (Å²) in [6.07, 6.45) is 3.74. The van der Waals surface area contributed by atoms with Gasteiger partial charge in [0.25, 0.3) is 0 Å². The molecule has 0 bridgehead atoms. The zero-order chi connectivity index (χ0) is 16.8. The summed E-state index contributed by atoms with van der Waals surface area (Å²) in [5, 5.41) is 12.7. The molecule has 0 amide bonds. The zero-order valence-electron chi connectivity index (χ0n) is 14.4. The Morgan fingerprint density at radius 1 is 1.21 bits per heavy atom. The van der Waals surface area contributed by atoms with Gasteiger partial charge < -0.3 is 10.4 Å². The lowest BCUT2D eigenvalue weighted by atomic mass is 9.93. The van der Waals surface area contributed by atoms with Crippen LogP contribution in [0.3, 0.4) is 0 Å². The van der Waals surface area contributed by atoms with Crippen molar-refractivity contribution in [3.05, 3.63) is 59.9 Å². The number of rotatable bonds is 6. The van der Waals surface area contributed by atoms with E-state index in [1.54, 1.807) is 0 Å². The predicted octanol–water partition coefficient (Wildman–Crippen LogP) is 2.94. The minimum absolute atomic E-state index is 0.207. The van der Waals surface area contributed by atoms with Gasteiger partial charge in [-0.05, 0) is 48.6 Å². The number of nitrogens with zero attached hydrogens (tertiary/aromatic N) is 2. The van der Waals surface area contributed by atoms with Crippen molar-refractivity contribution < 1.29 is 5.11 Å². The van der Waals surface area contributed by atoms with Crippen molar-refractivity contribution in [3.63, 3.8) is 0 Å². The molecule has 3 rings (SSSR count). The molecule has 0 unspecified atom stereocenters. The number of nitrogens with one attached hydrogen (secondary N) is 1. The van der Waals surface area contributed by atoms with Crippen LogP contribution in [-0.2, 0) is 13.0 Å². The minimum Gasteiger partial charge on any atom is -0.396 e. The van der Waals surface area contributed by atoms with Gasteiger partial charge in [0.2, 0.25) is 0 Å². The van der Waals surface area contributed by atoms with Gasteiger partial charge in [0.05, 0.1) is 5.69 Å². The fourth-order valence-corrected chi connectivity index (χ4v) is 3.42. The number of pyridine rings is 1. The van der Waals surface area contributed by atoms with Crippen LogP contribution in [-0.4, -0.2) is 40.7 Å². The highest BCUT2D eigenvalue weighted by Gasteiger charge is 2.26. The standard InChI is InChI=1S/C20H27N3O/c1-16-14-23(15-19-4-2-3-11-21-19)12-9-20(16)22-18-7-5-17(6-8-18)10-13-24/h2-8,11,16,20,22,24H,9-10,12-15H2,1H3/t16-,20+/m1/s1. The largest absolute Gasteiger partial charge is 0.396 e. The van der Waals surface area contributed by atoms with Crippen LogP contribution in [0.5, 0.6) is 0 Å². The third-order valence-electron chi connectivity index (χ3n) is 4.81. The Balaban J connectivity index is 1.52. The van der Waals surface area contributed by atoms with Gasteiger partial charge in [-0.3, -0.25) is 9.88 Å². The highest BCUT2D eigenvalue weighted by Crippen LogP contribution is 2.22. The Morgan fingerprint density at radius 2 is 2.04 bits per heavy atom. The van der Waals surface area contributed by atoms with E-state index in [1.165, 1.54) is 11.3 Å². The van der Waals surface area contributed by atoms with Crippen molar-refractivity contribution in [2.75, 3.05) is 25.0 Å². The van der Waals surface area contributed by atoms with Crippen LogP contribution in [0.2, 0.25) is 0 Å². The van der Waals surface area contributed by atoms with E-state index < -0.39 is 0 Å². The van der Waals surface area contributed by atoms with Gasteiger partial charge in [0.1, 0.15) is 0 Å². The molecule has 0 spiro atoms. The SMILES string of the molecule is C[C@@H]1CN(Cc2ccccn2)CC[C@@H]1Nc1ccc(CCO)cc1. The average molecular weight is 325 g/mol. The first-order valence-electron chi connectivity index (χ1n) is 8.83. The average Bonchev–Trinajstić information content (AvgIpc) is 2.60. The number of aliphatic hydroxyl groups excluding tert-OH is 1. The van der Waals surface area contributed by atoms with E-state index in [2.05, 4.69) is 58.5 Å². The van der Waals surface area contributed by atoms with Gasteiger partial charge in [0, 0.05) is 44.2 Å². The second-order valence-electron chi connectivity index (χ2n) is 6.74. The summed E-state index contributed by atoms with van der Waals surface area (Å²) in [6, 6.07) is 15.1. The fraction of sp³-hybridized carbons (Fsp3) is 0.450.